The summed E-state index contributed by atoms with van der Waals surface area (Å²) in [5.41, 5.74) is 1.95. The van der Waals surface area contributed by atoms with Crippen LogP contribution in [0.25, 0.3) is 0 Å². The first-order valence-electron chi connectivity index (χ1n) is 3.57. The Morgan fingerprint density at radius 3 is 2.85 bits per heavy atom. The number of nitrogens with two attached hydrogens (primary N) is 1. The first-order valence-corrected chi connectivity index (χ1v) is 3.57. The van der Waals surface area contributed by atoms with Crippen LogP contribution in [0.4, 0.5) is 0 Å². The molecule has 0 bridgehead atoms. The van der Waals surface area contributed by atoms with E-state index in [1.165, 1.54) is 13.2 Å². The quantitative estimate of drug-likeness (QED) is 0.341. The fourth-order valence-electron chi connectivity index (χ4n) is 0.990. The number of carbonyl (C=O) groups is 1. The van der Waals surface area contributed by atoms with Gasteiger partial charge in [0.25, 0.3) is 5.91 Å². The van der Waals surface area contributed by atoms with Crippen LogP contribution in [0.3, 0.4) is 0 Å². The van der Waals surface area contributed by atoms with E-state index in [4.69, 9.17) is 10.6 Å². The minimum Gasteiger partial charge on any atom is -0.507 e. The summed E-state index contributed by atoms with van der Waals surface area (Å²) in [7, 11) is 1.40. The van der Waals surface area contributed by atoms with Crippen molar-refractivity contribution in [2.75, 3.05) is 7.11 Å². The number of benzene rings is 1. The molecule has 1 aromatic carbocycles. The highest BCUT2D eigenvalue weighted by molar-refractivity contribution is 5.99. The molecular formula is C8H10N2O3. The van der Waals surface area contributed by atoms with Crippen molar-refractivity contribution in [3.8, 4) is 11.5 Å². The molecule has 0 aliphatic rings. The number of amides is 1. The molecule has 1 aromatic rings. The van der Waals surface area contributed by atoms with Gasteiger partial charge in [0.05, 0.1) is 7.11 Å². The van der Waals surface area contributed by atoms with Crippen LogP contribution < -0.4 is 16.0 Å². The largest absolute Gasteiger partial charge is 0.507 e. The summed E-state index contributed by atoms with van der Waals surface area (Å²) < 4.78 is 4.87. The molecule has 0 saturated heterocycles. The lowest BCUT2D eigenvalue weighted by Crippen LogP contribution is -2.30. The Labute approximate surface area is 75.1 Å². The molecule has 5 nitrogen and oxygen atoms in total. The smallest absolute Gasteiger partial charge is 0.272 e. The van der Waals surface area contributed by atoms with E-state index in [-0.39, 0.29) is 17.1 Å². The fourth-order valence-corrected chi connectivity index (χ4v) is 0.990. The number of methoxy groups -OCH3 is 1. The summed E-state index contributed by atoms with van der Waals surface area (Å²) in [4.78, 5) is 11.1. The van der Waals surface area contributed by atoms with Gasteiger partial charge in [-0.3, -0.25) is 10.2 Å². The van der Waals surface area contributed by atoms with Crippen LogP contribution in [0.1, 0.15) is 10.4 Å². The van der Waals surface area contributed by atoms with Crippen molar-refractivity contribution in [3.63, 3.8) is 0 Å². The standard InChI is InChI=1S/C8H10N2O3/c1-13-6-4-2-3-5(11)7(6)8(12)10-9/h2-4,11H,9H2,1H3,(H,10,12). The van der Waals surface area contributed by atoms with Crippen LogP contribution in [-0.4, -0.2) is 18.1 Å². The first-order chi connectivity index (χ1) is 6.20. The van der Waals surface area contributed by atoms with Crippen molar-refractivity contribution in [2.45, 2.75) is 0 Å². The highest BCUT2D eigenvalue weighted by Crippen LogP contribution is 2.26. The average Bonchev–Trinajstić information content (AvgIpc) is 2.16. The van der Waals surface area contributed by atoms with Gasteiger partial charge in [0.1, 0.15) is 17.1 Å². The number of hydrogen-bond donors (Lipinski definition) is 3. The molecule has 1 amide bonds. The van der Waals surface area contributed by atoms with Gasteiger partial charge in [-0.15, -0.1) is 0 Å². The minimum atomic E-state index is -0.588. The van der Waals surface area contributed by atoms with E-state index in [9.17, 15) is 9.90 Å². The highest BCUT2D eigenvalue weighted by Gasteiger charge is 2.15. The number of nitrogen functional groups attached to an aromatic ring is 1. The van der Waals surface area contributed by atoms with Gasteiger partial charge in [0, 0.05) is 0 Å². The van der Waals surface area contributed by atoms with Crippen LogP contribution in [-0.2, 0) is 0 Å². The Hall–Kier alpha value is -1.75. The third-order valence-electron chi connectivity index (χ3n) is 1.58. The third kappa shape index (κ3) is 1.70. The van der Waals surface area contributed by atoms with Gasteiger partial charge in [-0.25, -0.2) is 5.84 Å². The molecule has 0 atom stereocenters. The highest BCUT2D eigenvalue weighted by atomic mass is 16.5. The van der Waals surface area contributed by atoms with E-state index in [0.29, 0.717) is 0 Å². The summed E-state index contributed by atoms with van der Waals surface area (Å²) in [6, 6.07) is 4.51. The van der Waals surface area contributed by atoms with Gasteiger partial charge in [0.2, 0.25) is 0 Å². The number of carbonyl (C=O) groups excluding carboxylic acids is 1. The molecule has 1 rings (SSSR count). The number of hydrogen-bond acceptors (Lipinski definition) is 4. The number of hydrazine groups is 1. The van der Waals surface area contributed by atoms with E-state index in [1.54, 1.807) is 12.1 Å². The summed E-state index contributed by atoms with van der Waals surface area (Å²) in [5.74, 6) is 4.46. The van der Waals surface area contributed by atoms with Crippen molar-refractivity contribution in [1.82, 2.24) is 5.43 Å². The topological polar surface area (TPSA) is 84.6 Å². The number of nitrogens with one attached hydrogen (secondary N) is 1. The van der Waals surface area contributed by atoms with Crippen molar-refractivity contribution < 1.29 is 14.6 Å². The minimum absolute atomic E-state index is 0.0347. The Bertz CT molecular complexity index is 325. The molecule has 0 unspecified atom stereocenters. The molecule has 0 heterocycles. The molecule has 0 aliphatic heterocycles. The van der Waals surface area contributed by atoms with Gasteiger partial charge in [-0.05, 0) is 12.1 Å². The molecule has 0 fully saturated rings. The second kappa shape index (κ2) is 3.77. The molecule has 0 aliphatic carbocycles. The Kier molecular flexibility index (Phi) is 2.71. The van der Waals surface area contributed by atoms with Gasteiger partial charge >= 0.3 is 0 Å². The van der Waals surface area contributed by atoms with Crippen LogP contribution in [0.15, 0.2) is 18.2 Å². The Morgan fingerprint density at radius 2 is 2.31 bits per heavy atom. The summed E-state index contributed by atoms with van der Waals surface area (Å²) >= 11 is 0. The number of aromatic hydroxyl groups is 1. The maximum atomic E-state index is 11.1. The predicted molar refractivity (Wildman–Crippen MR) is 46.3 cm³/mol. The second-order valence-electron chi connectivity index (χ2n) is 2.33. The molecule has 0 aromatic heterocycles. The van der Waals surface area contributed by atoms with Crippen LogP contribution >= 0.6 is 0 Å². The van der Waals surface area contributed by atoms with Gasteiger partial charge in [-0.2, -0.15) is 0 Å². The predicted octanol–water partition coefficient (Wildman–Crippen LogP) is 0.00430. The molecular weight excluding hydrogens is 172 g/mol. The van der Waals surface area contributed by atoms with E-state index in [2.05, 4.69) is 0 Å². The maximum absolute atomic E-state index is 11.1. The third-order valence-corrected chi connectivity index (χ3v) is 1.58. The zero-order valence-electron chi connectivity index (χ0n) is 7.07. The van der Waals surface area contributed by atoms with E-state index in [0.717, 1.165) is 0 Å². The van der Waals surface area contributed by atoms with Crippen LogP contribution in [0.2, 0.25) is 0 Å². The van der Waals surface area contributed by atoms with E-state index >= 15 is 0 Å². The van der Waals surface area contributed by atoms with Crippen LogP contribution in [0.5, 0.6) is 11.5 Å². The lowest BCUT2D eigenvalue weighted by atomic mass is 10.1. The molecule has 13 heavy (non-hydrogen) atoms. The number of rotatable bonds is 2. The lowest BCUT2D eigenvalue weighted by molar-refractivity contribution is 0.0948. The number of phenolic OH excluding ortho intramolecular Hbond substituents is 1. The Morgan fingerprint density at radius 1 is 1.62 bits per heavy atom. The summed E-state index contributed by atoms with van der Waals surface area (Å²) in [5, 5.41) is 9.33. The summed E-state index contributed by atoms with van der Waals surface area (Å²) in [6.45, 7) is 0. The normalized spacial score (nSPS) is 9.38. The summed E-state index contributed by atoms with van der Waals surface area (Å²) in [6.07, 6.45) is 0. The average molecular weight is 182 g/mol. The lowest BCUT2D eigenvalue weighted by Gasteiger charge is -2.07. The van der Waals surface area contributed by atoms with Crippen molar-refractivity contribution in [3.05, 3.63) is 23.8 Å². The van der Waals surface area contributed by atoms with Gasteiger partial charge < -0.3 is 9.84 Å². The molecule has 0 saturated carbocycles. The molecule has 0 radical (unpaired) electrons. The molecule has 4 N–H and O–H groups in total. The Balaban J connectivity index is 3.22. The monoisotopic (exact) mass is 182 g/mol. The van der Waals surface area contributed by atoms with Crippen molar-refractivity contribution >= 4 is 5.91 Å². The maximum Gasteiger partial charge on any atom is 0.272 e. The van der Waals surface area contributed by atoms with Gasteiger partial charge in [0.15, 0.2) is 0 Å². The van der Waals surface area contributed by atoms with E-state index in [1.807, 2.05) is 5.43 Å². The molecule has 70 valence electrons. The first kappa shape index (κ1) is 9.34. The zero-order valence-corrected chi connectivity index (χ0v) is 7.07. The SMILES string of the molecule is COc1cccc(O)c1C(=O)NN. The van der Waals surface area contributed by atoms with Gasteiger partial charge in [-0.1, -0.05) is 6.07 Å². The zero-order chi connectivity index (χ0) is 9.84. The van der Waals surface area contributed by atoms with E-state index < -0.39 is 5.91 Å². The van der Waals surface area contributed by atoms with Crippen molar-refractivity contribution in [2.24, 2.45) is 5.84 Å². The second-order valence-corrected chi connectivity index (χ2v) is 2.33. The van der Waals surface area contributed by atoms with Crippen molar-refractivity contribution in [1.29, 1.82) is 0 Å². The fraction of sp³-hybridized carbons (Fsp3) is 0.125. The molecule has 0 spiro atoms. The number of ether oxygens (including phenoxy) is 1. The number of phenols is 1. The molecule has 5 heteroatoms. The van der Waals surface area contributed by atoms with Crippen LogP contribution in [0, 0.1) is 0 Å².